The van der Waals surface area contributed by atoms with E-state index >= 15 is 0 Å². The molecular weight excluding hydrogens is 757 g/mol. The Hall–Kier alpha value is -5.67. The lowest BCUT2D eigenvalue weighted by Crippen LogP contribution is -2.43. The van der Waals surface area contributed by atoms with Crippen molar-refractivity contribution in [2.24, 2.45) is 0 Å². The van der Waals surface area contributed by atoms with Crippen molar-refractivity contribution in [3.8, 4) is 11.3 Å². The summed E-state index contributed by atoms with van der Waals surface area (Å²) in [4.78, 5) is 45.8. The number of aliphatic hydroxyl groups is 1. The number of likely N-dealkylation sites (N-methyl/N-ethyl adjacent to an activating group) is 1. The maximum absolute atomic E-state index is 12.9. The Balaban J connectivity index is 0.000000255. The van der Waals surface area contributed by atoms with E-state index in [9.17, 15) is 18.0 Å². The fourth-order valence-corrected chi connectivity index (χ4v) is 5.61. The number of aliphatic hydroxyl groups excluding tert-OH is 1. The van der Waals surface area contributed by atoms with Crippen molar-refractivity contribution in [2.45, 2.75) is 26.0 Å². The van der Waals surface area contributed by atoms with Crippen LogP contribution in [-0.4, -0.2) is 117 Å². The van der Waals surface area contributed by atoms with Crippen molar-refractivity contribution in [2.75, 3.05) is 69.1 Å². The summed E-state index contributed by atoms with van der Waals surface area (Å²) in [6, 6.07) is 20.8. The second-order valence-electron chi connectivity index (χ2n) is 13.2. The lowest BCUT2D eigenvalue weighted by atomic mass is 10.1. The van der Waals surface area contributed by atoms with Gasteiger partial charge in [0.15, 0.2) is 12.5 Å². The first-order valence-corrected chi connectivity index (χ1v) is 19.7. The number of nitrogens with two attached hydrogens (primary N) is 1. The number of aryl methyl sites for hydroxylation is 1. The summed E-state index contributed by atoms with van der Waals surface area (Å²) in [5.41, 5.74) is 10.9. The topological polar surface area (TPSA) is 240 Å². The van der Waals surface area contributed by atoms with Crippen molar-refractivity contribution in [3.63, 3.8) is 0 Å². The van der Waals surface area contributed by atoms with Gasteiger partial charge in [-0.25, -0.2) is 14.8 Å². The maximum atomic E-state index is 12.9. The van der Waals surface area contributed by atoms with E-state index in [1.807, 2.05) is 67.6 Å². The highest BCUT2D eigenvalue weighted by Gasteiger charge is 2.27. The Morgan fingerprint density at radius 2 is 1.75 bits per heavy atom. The minimum absolute atomic E-state index is 0.143. The number of aromatic nitrogens is 5. The van der Waals surface area contributed by atoms with Gasteiger partial charge in [-0.15, -0.1) is 0 Å². The van der Waals surface area contributed by atoms with Crippen molar-refractivity contribution < 1.29 is 32.3 Å². The number of piperazine rings is 1. The van der Waals surface area contributed by atoms with Gasteiger partial charge in [-0.3, -0.25) is 23.8 Å². The summed E-state index contributed by atoms with van der Waals surface area (Å²) < 4.78 is 37.4. The fraction of sp³-hybridized carbons (Fsp3) is 0.316. The Bertz CT molecular complexity index is 2250. The molecule has 19 heteroatoms. The molecule has 5 heterocycles. The molecule has 2 aliphatic rings. The maximum Gasteiger partial charge on any atom is 0.351 e. The highest BCUT2D eigenvalue weighted by atomic mass is 32.2. The van der Waals surface area contributed by atoms with E-state index in [1.54, 1.807) is 18.6 Å². The molecule has 7 rings (SSSR count). The van der Waals surface area contributed by atoms with Gasteiger partial charge in [0.05, 0.1) is 25.2 Å². The van der Waals surface area contributed by atoms with Crippen LogP contribution in [0.2, 0.25) is 0 Å². The molecule has 2 atom stereocenters. The molecule has 2 aromatic carbocycles. The lowest BCUT2D eigenvalue weighted by Gasteiger charge is -2.32. The van der Waals surface area contributed by atoms with Gasteiger partial charge in [0, 0.05) is 80.0 Å². The molecule has 0 saturated carbocycles. The zero-order valence-electron chi connectivity index (χ0n) is 31.7. The number of hydrogen-bond acceptors (Lipinski definition) is 15. The van der Waals surface area contributed by atoms with E-state index < -0.39 is 28.3 Å². The van der Waals surface area contributed by atoms with E-state index in [4.69, 9.17) is 24.9 Å². The fourth-order valence-electron chi connectivity index (χ4n) is 5.61. The first kappa shape index (κ1) is 42.5. The molecule has 0 bridgehead atoms. The van der Waals surface area contributed by atoms with Crippen LogP contribution in [0, 0.1) is 6.92 Å². The molecule has 57 heavy (non-hydrogen) atoms. The summed E-state index contributed by atoms with van der Waals surface area (Å²) in [6.07, 6.45) is 6.18. The summed E-state index contributed by atoms with van der Waals surface area (Å²) in [7, 11) is -1.51. The van der Waals surface area contributed by atoms with Crippen LogP contribution >= 0.6 is 0 Å². The van der Waals surface area contributed by atoms with Crippen LogP contribution < -0.4 is 22.1 Å². The molecule has 2 aliphatic heterocycles. The molecule has 5 aromatic rings. The highest BCUT2D eigenvalue weighted by molar-refractivity contribution is 7.85. The van der Waals surface area contributed by atoms with E-state index in [-0.39, 0.29) is 24.9 Å². The molecule has 3 aromatic heterocycles. The van der Waals surface area contributed by atoms with Gasteiger partial charge in [0.25, 0.3) is 16.0 Å². The molecule has 302 valence electrons. The minimum Gasteiger partial charge on any atom is -0.391 e. The van der Waals surface area contributed by atoms with Crippen LogP contribution in [-0.2, 0) is 26.1 Å². The summed E-state index contributed by atoms with van der Waals surface area (Å²) >= 11 is 0. The third-order valence-electron chi connectivity index (χ3n) is 8.62. The second kappa shape index (κ2) is 20.0. The van der Waals surface area contributed by atoms with Gasteiger partial charge >= 0.3 is 5.69 Å². The standard InChI is InChI=1S/C29H31N7O.C8H11N3O4.CH4O3S/c1-21-5-10-25(18-27(21)34-29-31-13-11-26(33-29)24-4-3-12-30-19-24)32-28(37)23-8-6-22(7-9-23)20-36-16-14-35(2)15-17-36;9-5-1-2-11(8(13)10-5)6-4-14-7(3-12)15-6;1-5(2,3)4/h3-13,18-19H,14-17,20H2,1-2H3,(H,32,37)(H,31,33,34);1-2,6-7,12H,3-4H2,(H2,9,10,13);1H3,(H,2,3,4)/t;6-,7-;/m.0./s1. The number of ether oxygens (including phenoxy) is 2. The van der Waals surface area contributed by atoms with Crippen LogP contribution in [0.25, 0.3) is 11.3 Å². The molecule has 0 aliphatic carbocycles. The number of pyridine rings is 1. The molecule has 18 nitrogen and oxygen atoms in total. The van der Waals surface area contributed by atoms with Crippen molar-refractivity contribution in [1.29, 1.82) is 0 Å². The van der Waals surface area contributed by atoms with E-state index in [1.165, 1.54) is 22.4 Å². The van der Waals surface area contributed by atoms with Gasteiger partial charge in [0.1, 0.15) is 5.82 Å². The summed E-state index contributed by atoms with van der Waals surface area (Å²) in [5.74, 6) is 0.494. The number of amides is 1. The molecule has 6 N–H and O–H groups in total. The van der Waals surface area contributed by atoms with Crippen molar-refractivity contribution in [1.82, 2.24) is 34.3 Å². The molecule has 2 fully saturated rings. The second-order valence-corrected chi connectivity index (χ2v) is 14.7. The molecule has 0 spiro atoms. The largest absolute Gasteiger partial charge is 0.391 e. The van der Waals surface area contributed by atoms with Gasteiger partial charge in [-0.05, 0) is 73.6 Å². The Morgan fingerprint density at radius 3 is 2.40 bits per heavy atom. The summed E-state index contributed by atoms with van der Waals surface area (Å²) in [5, 5.41) is 15.1. The molecule has 0 unspecified atom stereocenters. The molecule has 2 saturated heterocycles. The average Bonchev–Trinajstić information content (AvgIpc) is 3.67. The van der Waals surface area contributed by atoms with Crippen molar-refractivity contribution >= 4 is 39.2 Å². The quantitative estimate of drug-likeness (QED) is 0.135. The van der Waals surface area contributed by atoms with E-state index in [2.05, 4.69) is 47.4 Å². The Labute approximate surface area is 330 Å². The van der Waals surface area contributed by atoms with E-state index in [0.717, 1.165) is 55.2 Å². The van der Waals surface area contributed by atoms with Crippen LogP contribution in [0.4, 0.5) is 23.1 Å². The highest BCUT2D eigenvalue weighted by Crippen LogP contribution is 2.25. The zero-order valence-corrected chi connectivity index (χ0v) is 32.5. The molecular formula is C38H46N10O8S. The zero-order chi connectivity index (χ0) is 41.0. The van der Waals surface area contributed by atoms with Gasteiger partial charge < -0.3 is 35.8 Å². The number of nitrogens with zero attached hydrogens (tertiary/aromatic N) is 7. The Kier molecular flexibility index (Phi) is 14.9. The van der Waals surface area contributed by atoms with Crippen LogP contribution in [0.3, 0.4) is 0 Å². The predicted octanol–water partition coefficient (Wildman–Crippen LogP) is 2.78. The first-order chi connectivity index (χ1) is 27.2. The first-order valence-electron chi connectivity index (χ1n) is 17.8. The number of nitrogens with one attached hydrogen (secondary N) is 2. The van der Waals surface area contributed by atoms with Gasteiger partial charge in [-0.1, -0.05) is 18.2 Å². The SMILES string of the molecule is CS(=O)(=O)O.Cc1ccc(NC(=O)c2ccc(CN3CCN(C)CC3)cc2)cc1Nc1nccc(-c2cccnc2)n1.Nc1ccn([C@@H]2CO[C@H](CO)O2)c(=O)n1. The molecule has 1 amide bonds. The number of hydrogen-bond donors (Lipinski definition) is 5. The number of carbonyl (C=O) groups excluding carboxylic acids is 1. The Morgan fingerprint density at radius 1 is 1.02 bits per heavy atom. The smallest absolute Gasteiger partial charge is 0.351 e. The minimum atomic E-state index is -3.67. The van der Waals surface area contributed by atoms with Crippen LogP contribution in [0.1, 0.15) is 27.7 Å². The van der Waals surface area contributed by atoms with E-state index in [0.29, 0.717) is 23.5 Å². The molecule has 0 radical (unpaired) electrons. The van der Waals surface area contributed by atoms with Crippen LogP contribution in [0.15, 0.2) is 96.3 Å². The number of nitrogen functional groups attached to an aromatic ring is 1. The third kappa shape index (κ3) is 13.5. The van der Waals surface area contributed by atoms with Gasteiger partial charge in [-0.2, -0.15) is 13.4 Å². The lowest BCUT2D eigenvalue weighted by molar-refractivity contribution is -0.0992. The third-order valence-corrected chi connectivity index (χ3v) is 8.62. The predicted molar refractivity (Wildman–Crippen MR) is 214 cm³/mol. The normalized spacial score (nSPS) is 17.1. The number of anilines is 4. The number of carbonyl (C=O) groups is 1. The van der Waals surface area contributed by atoms with Crippen LogP contribution in [0.5, 0.6) is 0 Å². The van der Waals surface area contributed by atoms with Gasteiger partial charge in [0.2, 0.25) is 5.95 Å². The number of benzene rings is 2. The summed E-state index contributed by atoms with van der Waals surface area (Å²) in [6.45, 7) is 7.20. The average molecular weight is 803 g/mol. The number of rotatable bonds is 9. The monoisotopic (exact) mass is 802 g/mol. The van der Waals surface area contributed by atoms with Crippen molar-refractivity contribution in [3.05, 3.63) is 119 Å².